The Kier molecular flexibility index (Phi) is 9.81. The minimum Gasteiger partial charge on any atom is -0.458 e. The molecule has 1 rings (SSSR count). The number of azide groups is 1. The molecule has 0 N–H and O–H groups in total. The van der Waals surface area contributed by atoms with Crippen molar-refractivity contribution in [2.45, 2.75) is 70.9 Å². The maximum absolute atomic E-state index is 11.8. The van der Waals surface area contributed by atoms with Gasteiger partial charge in [0.2, 0.25) is 12.4 Å². The van der Waals surface area contributed by atoms with E-state index in [0.717, 1.165) is 13.8 Å². The van der Waals surface area contributed by atoms with E-state index in [2.05, 4.69) is 15.9 Å². The van der Waals surface area contributed by atoms with Gasteiger partial charge < -0.3 is 23.7 Å². The lowest BCUT2D eigenvalue weighted by molar-refractivity contribution is -0.318. The first-order valence-electron chi connectivity index (χ1n) is 8.62. The second-order valence-electron chi connectivity index (χ2n) is 5.74. The molecule has 0 radical (unpaired) electrons. The summed E-state index contributed by atoms with van der Waals surface area (Å²) in [4.78, 5) is 37.6. The summed E-state index contributed by atoms with van der Waals surface area (Å²) in [7, 11) is 0. The topological polar surface area (TPSA) is 146 Å². The second-order valence-corrected chi connectivity index (χ2v) is 5.74. The number of rotatable bonds is 9. The van der Waals surface area contributed by atoms with Gasteiger partial charge in [0.1, 0.15) is 6.04 Å². The van der Waals surface area contributed by atoms with E-state index in [4.69, 9.17) is 35.6 Å². The molecular formula is C17H23N3O8. The predicted octanol–water partition coefficient (Wildman–Crippen LogP) is 1.59. The van der Waals surface area contributed by atoms with Crippen LogP contribution in [0.4, 0.5) is 0 Å². The van der Waals surface area contributed by atoms with Gasteiger partial charge in [0.05, 0.1) is 6.61 Å². The third-order valence-corrected chi connectivity index (χ3v) is 3.55. The molecule has 5 atom stereocenters. The molecule has 0 spiro atoms. The van der Waals surface area contributed by atoms with Crippen LogP contribution in [0.1, 0.15) is 40.0 Å². The van der Waals surface area contributed by atoms with Gasteiger partial charge in [0.25, 0.3) is 0 Å². The number of carbonyl (C=O) groups excluding carboxylic acids is 3. The van der Waals surface area contributed by atoms with E-state index in [0.29, 0.717) is 12.8 Å². The summed E-state index contributed by atoms with van der Waals surface area (Å²) in [6.07, 6.45) is 0.855. The smallest absolute Gasteiger partial charge is 0.307 e. The Labute approximate surface area is 162 Å². The summed E-state index contributed by atoms with van der Waals surface area (Å²) < 4.78 is 26.7. The summed E-state index contributed by atoms with van der Waals surface area (Å²) in [6, 6.07) is -1.19. The first-order chi connectivity index (χ1) is 13.3. The van der Waals surface area contributed by atoms with E-state index in [9.17, 15) is 14.4 Å². The number of hydrogen-bond acceptors (Lipinski definition) is 9. The predicted molar refractivity (Wildman–Crippen MR) is 93.1 cm³/mol. The zero-order valence-corrected chi connectivity index (χ0v) is 15.9. The molecule has 0 amide bonds. The van der Waals surface area contributed by atoms with Crippen molar-refractivity contribution in [3.63, 3.8) is 0 Å². The highest BCUT2D eigenvalue weighted by atomic mass is 16.8. The normalized spacial score (nSPS) is 26.3. The van der Waals surface area contributed by atoms with Gasteiger partial charge in [-0.25, -0.2) is 0 Å². The van der Waals surface area contributed by atoms with Crippen molar-refractivity contribution in [3.05, 3.63) is 10.4 Å². The van der Waals surface area contributed by atoms with Crippen molar-refractivity contribution in [1.29, 1.82) is 0 Å². The van der Waals surface area contributed by atoms with E-state index in [1.807, 2.05) is 0 Å². The molecule has 11 heteroatoms. The van der Waals surface area contributed by atoms with Crippen LogP contribution in [0.5, 0.6) is 0 Å². The zero-order chi connectivity index (χ0) is 21.1. The standard InChI is InChI=1S/C17H23N3O8/c1-5-7-8-9-24-16-13(19-20-18)14(25-10(3)21)15(26-11(4)22)17(28-16)27-12(23)6-2/h1,13-17H,6-9H2,2-4H3. The Hall–Kier alpha value is -2.80. The van der Waals surface area contributed by atoms with Crippen molar-refractivity contribution < 1.29 is 38.1 Å². The molecule has 1 fully saturated rings. The highest BCUT2D eigenvalue weighted by Crippen LogP contribution is 2.30. The Bertz CT molecular complexity index is 655. The Morgan fingerprint density at radius 1 is 1.14 bits per heavy atom. The largest absolute Gasteiger partial charge is 0.458 e. The minimum absolute atomic E-state index is 0.0261. The highest BCUT2D eigenvalue weighted by Gasteiger charge is 2.52. The van der Waals surface area contributed by atoms with Crippen LogP contribution < -0.4 is 0 Å². The molecule has 1 aliphatic rings. The van der Waals surface area contributed by atoms with E-state index in [-0.39, 0.29) is 13.0 Å². The Balaban J connectivity index is 3.20. The molecule has 11 nitrogen and oxygen atoms in total. The molecular weight excluding hydrogens is 374 g/mol. The number of nitrogens with zero attached hydrogens (tertiary/aromatic N) is 3. The molecule has 1 heterocycles. The van der Waals surface area contributed by atoms with Crippen LogP contribution in [0.3, 0.4) is 0 Å². The summed E-state index contributed by atoms with van der Waals surface area (Å²) in [6.45, 7) is 3.95. The molecule has 5 unspecified atom stereocenters. The molecule has 1 aliphatic heterocycles. The Morgan fingerprint density at radius 2 is 1.79 bits per heavy atom. The van der Waals surface area contributed by atoms with Crippen LogP contribution in [0.2, 0.25) is 0 Å². The van der Waals surface area contributed by atoms with Crippen LogP contribution in [0.25, 0.3) is 10.4 Å². The average Bonchev–Trinajstić information content (AvgIpc) is 2.63. The van der Waals surface area contributed by atoms with E-state index in [1.54, 1.807) is 6.92 Å². The number of carbonyl (C=O) groups is 3. The fraction of sp³-hybridized carbons (Fsp3) is 0.706. The van der Waals surface area contributed by atoms with Gasteiger partial charge in [0.15, 0.2) is 12.4 Å². The average molecular weight is 397 g/mol. The van der Waals surface area contributed by atoms with Crippen LogP contribution in [-0.4, -0.2) is 55.3 Å². The molecule has 0 bridgehead atoms. The molecule has 154 valence electrons. The third-order valence-electron chi connectivity index (χ3n) is 3.55. The van der Waals surface area contributed by atoms with Gasteiger partial charge in [-0.15, -0.1) is 12.3 Å². The quantitative estimate of drug-likeness (QED) is 0.108. The monoisotopic (exact) mass is 397 g/mol. The molecule has 0 aliphatic carbocycles. The minimum atomic E-state index is -1.43. The van der Waals surface area contributed by atoms with E-state index < -0.39 is 48.7 Å². The molecule has 28 heavy (non-hydrogen) atoms. The van der Waals surface area contributed by atoms with Gasteiger partial charge in [-0.05, 0) is 12.0 Å². The van der Waals surface area contributed by atoms with Crippen LogP contribution in [-0.2, 0) is 38.1 Å². The molecule has 0 aromatic heterocycles. The van der Waals surface area contributed by atoms with E-state index >= 15 is 0 Å². The number of terminal acetylenes is 1. The lowest BCUT2D eigenvalue weighted by Crippen LogP contribution is -2.61. The zero-order valence-electron chi connectivity index (χ0n) is 15.9. The SMILES string of the molecule is C#CCCCOC1OC(OC(=O)CC)C(OC(C)=O)C(OC(C)=O)C1N=[N+]=[N-]. The van der Waals surface area contributed by atoms with Crippen molar-refractivity contribution >= 4 is 17.9 Å². The number of unbranched alkanes of at least 4 members (excludes halogenated alkanes) is 1. The maximum atomic E-state index is 11.8. The van der Waals surface area contributed by atoms with Crippen molar-refractivity contribution in [3.8, 4) is 12.3 Å². The highest BCUT2D eigenvalue weighted by molar-refractivity contribution is 5.69. The van der Waals surface area contributed by atoms with Crippen molar-refractivity contribution in [1.82, 2.24) is 0 Å². The first-order valence-corrected chi connectivity index (χ1v) is 8.62. The van der Waals surface area contributed by atoms with Gasteiger partial charge in [-0.1, -0.05) is 12.0 Å². The first kappa shape index (κ1) is 23.2. The summed E-state index contributed by atoms with van der Waals surface area (Å²) >= 11 is 0. The summed E-state index contributed by atoms with van der Waals surface area (Å²) in [5.41, 5.74) is 8.90. The van der Waals surface area contributed by atoms with Gasteiger partial charge >= 0.3 is 17.9 Å². The number of hydrogen-bond donors (Lipinski definition) is 0. The van der Waals surface area contributed by atoms with Crippen molar-refractivity contribution in [2.75, 3.05) is 6.61 Å². The summed E-state index contributed by atoms with van der Waals surface area (Å²) in [5, 5.41) is 3.57. The van der Waals surface area contributed by atoms with Crippen LogP contribution in [0.15, 0.2) is 5.11 Å². The summed E-state index contributed by atoms with van der Waals surface area (Å²) in [5.74, 6) is 0.340. The second kappa shape index (κ2) is 11.8. The fourth-order valence-electron chi connectivity index (χ4n) is 2.44. The molecule has 0 aromatic rings. The van der Waals surface area contributed by atoms with Crippen molar-refractivity contribution in [2.24, 2.45) is 5.11 Å². The van der Waals surface area contributed by atoms with Crippen LogP contribution >= 0.6 is 0 Å². The lowest BCUT2D eigenvalue weighted by atomic mass is 10.0. The third kappa shape index (κ3) is 7.08. The lowest BCUT2D eigenvalue weighted by Gasteiger charge is -2.42. The van der Waals surface area contributed by atoms with E-state index in [1.165, 1.54) is 0 Å². The van der Waals surface area contributed by atoms with Gasteiger partial charge in [0, 0.05) is 31.6 Å². The van der Waals surface area contributed by atoms with Crippen LogP contribution in [0, 0.1) is 12.3 Å². The molecule has 0 saturated carbocycles. The number of ether oxygens (including phenoxy) is 5. The maximum Gasteiger partial charge on any atom is 0.307 e. The fourth-order valence-corrected chi connectivity index (χ4v) is 2.44. The van der Waals surface area contributed by atoms with Gasteiger partial charge in [-0.3, -0.25) is 14.4 Å². The Morgan fingerprint density at radius 3 is 2.32 bits per heavy atom. The van der Waals surface area contributed by atoms with Gasteiger partial charge in [-0.2, -0.15) is 0 Å². The molecule has 1 saturated heterocycles. The number of esters is 3. The molecule has 0 aromatic carbocycles.